The molecule has 0 N–H and O–H groups in total. The van der Waals surface area contributed by atoms with Crippen molar-refractivity contribution in [3.8, 4) is 5.75 Å². The Morgan fingerprint density at radius 3 is 2.76 bits per heavy atom. The van der Waals surface area contributed by atoms with Gasteiger partial charge in [-0.05, 0) is 6.07 Å². The number of para-hydroxylation sites is 1. The number of benzene rings is 1. The topological polar surface area (TPSA) is 44.8 Å². The summed E-state index contributed by atoms with van der Waals surface area (Å²) in [6.07, 6.45) is 0.423. The van der Waals surface area contributed by atoms with E-state index < -0.39 is 0 Å². The van der Waals surface area contributed by atoms with Gasteiger partial charge in [-0.1, -0.05) is 18.2 Å². The Kier molecular flexibility index (Phi) is 7.43. The quantitative estimate of drug-likeness (QED) is 0.327. The molecule has 0 saturated carbocycles. The third-order valence-corrected chi connectivity index (χ3v) is 4.40. The standard InChI is InChI=1S/C15H20O4S2/c16-15-11-14(12-3-1-2-4-13(12)19-15)21-10-8-18-6-5-17-7-9-20/h1-4,14,20H,5-11H2. The molecule has 0 spiro atoms. The molecule has 1 aromatic rings. The van der Waals surface area contributed by atoms with Crippen LogP contribution < -0.4 is 4.74 Å². The first kappa shape index (κ1) is 16.7. The molecule has 1 heterocycles. The fourth-order valence-corrected chi connectivity index (χ4v) is 3.31. The highest BCUT2D eigenvalue weighted by Crippen LogP contribution is 2.40. The van der Waals surface area contributed by atoms with Crippen molar-refractivity contribution < 1.29 is 19.0 Å². The number of ether oxygens (including phenoxy) is 3. The molecule has 2 rings (SSSR count). The lowest BCUT2D eigenvalue weighted by Gasteiger charge is -2.23. The summed E-state index contributed by atoms with van der Waals surface area (Å²) >= 11 is 5.79. The minimum absolute atomic E-state index is 0.159. The lowest BCUT2D eigenvalue weighted by molar-refractivity contribution is -0.135. The number of hydrogen-bond donors (Lipinski definition) is 1. The van der Waals surface area contributed by atoms with E-state index in [2.05, 4.69) is 12.6 Å². The van der Waals surface area contributed by atoms with E-state index in [4.69, 9.17) is 14.2 Å². The van der Waals surface area contributed by atoms with Crippen molar-refractivity contribution in [1.29, 1.82) is 0 Å². The van der Waals surface area contributed by atoms with Crippen molar-refractivity contribution in [3.05, 3.63) is 29.8 Å². The minimum Gasteiger partial charge on any atom is -0.426 e. The molecular weight excluding hydrogens is 308 g/mol. The van der Waals surface area contributed by atoms with Crippen LogP contribution in [0.2, 0.25) is 0 Å². The maximum absolute atomic E-state index is 11.6. The molecule has 0 radical (unpaired) electrons. The molecule has 0 saturated heterocycles. The summed E-state index contributed by atoms with van der Waals surface area (Å²) in [4.78, 5) is 11.6. The van der Waals surface area contributed by atoms with Crippen LogP contribution in [-0.2, 0) is 14.3 Å². The number of thiol groups is 1. The van der Waals surface area contributed by atoms with Crippen LogP contribution in [0.5, 0.6) is 5.75 Å². The van der Waals surface area contributed by atoms with Gasteiger partial charge >= 0.3 is 5.97 Å². The highest BCUT2D eigenvalue weighted by Gasteiger charge is 2.26. The van der Waals surface area contributed by atoms with Crippen LogP contribution in [0.1, 0.15) is 17.2 Å². The van der Waals surface area contributed by atoms with E-state index in [9.17, 15) is 4.79 Å². The summed E-state index contributed by atoms with van der Waals surface area (Å²) < 4.78 is 16.0. The molecule has 0 aromatic heterocycles. The Labute approximate surface area is 134 Å². The first-order valence-electron chi connectivity index (χ1n) is 6.99. The van der Waals surface area contributed by atoms with E-state index in [1.54, 1.807) is 11.8 Å². The average Bonchev–Trinajstić information content (AvgIpc) is 2.49. The Balaban J connectivity index is 1.68. The predicted octanol–water partition coefficient (Wildman–Crippen LogP) is 2.73. The van der Waals surface area contributed by atoms with Gasteiger partial charge in [0.25, 0.3) is 0 Å². The molecule has 1 aromatic carbocycles. The summed E-state index contributed by atoms with van der Waals surface area (Å²) in [5, 5.41) is 0.159. The third-order valence-electron chi connectivity index (χ3n) is 3.00. The van der Waals surface area contributed by atoms with Gasteiger partial charge in [0.2, 0.25) is 0 Å². The number of thioether (sulfide) groups is 1. The Morgan fingerprint density at radius 2 is 1.95 bits per heavy atom. The Bertz CT molecular complexity index is 453. The smallest absolute Gasteiger partial charge is 0.312 e. The van der Waals surface area contributed by atoms with Crippen molar-refractivity contribution in [3.63, 3.8) is 0 Å². The molecule has 1 atom stereocenters. The zero-order chi connectivity index (χ0) is 14.9. The van der Waals surface area contributed by atoms with Crippen molar-refractivity contribution in [1.82, 2.24) is 0 Å². The van der Waals surface area contributed by atoms with Gasteiger partial charge in [-0.2, -0.15) is 24.4 Å². The molecule has 0 bridgehead atoms. The summed E-state index contributed by atoms with van der Waals surface area (Å²) in [7, 11) is 0. The van der Waals surface area contributed by atoms with Gasteiger partial charge in [0, 0.05) is 22.3 Å². The Morgan fingerprint density at radius 1 is 1.19 bits per heavy atom. The molecule has 4 nitrogen and oxygen atoms in total. The summed E-state index contributed by atoms with van der Waals surface area (Å²) in [6.45, 7) is 2.51. The van der Waals surface area contributed by atoms with Crippen LogP contribution in [0, 0.1) is 0 Å². The third kappa shape index (κ3) is 5.54. The molecule has 21 heavy (non-hydrogen) atoms. The highest BCUT2D eigenvalue weighted by atomic mass is 32.2. The maximum Gasteiger partial charge on any atom is 0.312 e. The molecule has 116 valence electrons. The van der Waals surface area contributed by atoms with E-state index >= 15 is 0 Å². The minimum atomic E-state index is -0.160. The van der Waals surface area contributed by atoms with Crippen LogP contribution in [0.25, 0.3) is 0 Å². The fourth-order valence-electron chi connectivity index (χ4n) is 2.05. The normalized spacial score (nSPS) is 17.4. The number of fused-ring (bicyclic) bond motifs is 1. The second-order valence-electron chi connectivity index (χ2n) is 4.52. The molecular formula is C15H20O4S2. The number of hydrogen-bond acceptors (Lipinski definition) is 6. The van der Waals surface area contributed by atoms with Crippen LogP contribution in [0.15, 0.2) is 24.3 Å². The van der Waals surface area contributed by atoms with E-state index in [0.29, 0.717) is 38.6 Å². The monoisotopic (exact) mass is 328 g/mol. The number of carbonyl (C=O) groups excluding carboxylic acids is 1. The second-order valence-corrected chi connectivity index (χ2v) is 6.28. The number of esters is 1. The van der Waals surface area contributed by atoms with Crippen molar-refractivity contribution in [2.75, 3.05) is 37.9 Å². The fraction of sp³-hybridized carbons (Fsp3) is 0.533. The molecule has 0 fully saturated rings. The van der Waals surface area contributed by atoms with Crippen molar-refractivity contribution >= 4 is 30.4 Å². The summed E-state index contributed by atoms with van der Waals surface area (Å²) in [6, 6.07) is 7.72. The van der Waals surface area contributed by atoms with Crippen LogP contribution in [0.3, 0.4) is 0 Å². The lowest BCUT2D eigenvalue weighted by Crippen LogP contribution is -2.19. The van der Waals surface area contributed by atoms with Crippen LogP contribution in [-0.4, -0.2) is 43.9 Å². The van der Waals surface area contributed by atoms with Gasteiger partial charge in [0.15, 0.2) is 0 Å². The summed E-state index contributed by atoms with van der Waals surface area (Å²) in [5.74, 6) is 2.10. The summed E-state index contributed by atoms with van der Waals surface area (Å²) in [5.41, 5.74) is 1.10. The lowest BCUT2D eigenvalue weighted by atomic mass is 10.1. The molecule has 0 amide bonds. The van der Waals surface area contributed by atoms with Crippen molar-refractivity contribution in [2.45, 2.75) is 11.7 Å². The number of carbonyl (C=O) groups is 1. The second kappa shape index (κ2) is 9.35. The maximum atomic E-state index is 11.6. The van der Waals surface area contributed by atoms with E-state index in [-0.39, 0.29) is 11.2 Å². The van der Waals surface area contributed by atoms with E-state index in [1.807, 2.05) is 24.3 Å². The largest absolute Gasteiger partial charge is 0.426 e. The van der Waals surface area contributed by atoms with Gasteiger partial charge in [-0.25, -0.2) is 0 Å². The van der Waals surface area contributed by atoms with Crippen LogP contribution >= 0.6 is 24.4 Å². The van der Waals surface area contributed by atoms with E-state index in [1.165, 1.54) is 0 Å². The predicted molar refractivity (Wildman–Crippen MR) is 87.4 cm³/mol. The van der Waals surface area contributed by atoms with Crippen LogP contribution in [0.4, 0.5) is 0 Å². The van der Waals surface area contributed by atoms with Gasteiger partial charge in [0.05, 0.1) is 32.8 Å². The molecule has 1 unspecified atom stereocenters. The van der Waals surface area contributed by atoms with Gasteiger partial charge < -0.3 is 14.2 Å². The van der Waals surface area contributed by atoms with Crippen molar-refractivity contribution in [2.24, 2.45) is 0 Å². The average molecular weight is 328 g/mol. The number of rotatable bonds is 9. The first-order valence-corrected chi connectivity index (χ1v) is 8.67. The molecule has 0 aliphatic carbocycles. The van der Waals surface area contributed by atoms with Gasteiger partial charge in [-0.3, -0.25) is 4.79 Å². The first-order chi connectivity index (χ1) is 10.3. The highest BCUT2D eigenvalue weighted by molar-refractivity contribution is 7.99. The Hall–Kier alpha value is -0.690. The van der Waals surface area contributed by atoms with Gasteiger partial charge in [0.1, 0.15) is 5.75 Å². The zero-order valence-electron chi connectivity index (χ0n) is 11.8. The van der Waals surface area contributed by atoms with E-state index in [0.717, 1.165) is 17.1 Å². The zero-order valence-corrected chi connectivity index (χ0v) is 13.5. The molecule has 6 heteroatoms. The molecule has 1 aliphatic rings. The molecule has 1 aliphatic heterocycles. The van der Waals surface area contributed by atoms with Gasteiger partial charge in [-0.15, -0.1) is 0 Å². The SMILES string of the molecule is O=C1CC(SCCOCCOCCS)c2ccccc2O1.